The first kappa shape index (κ1) is 96.5. The molecule has 0 aliphatic carbocycles. The van der Waals surface area contributed by atoms with Gasteiger partial charge >= 0.3 is 5.97 Å². The Labute approximate surface area is 680 Å². The summed E-state index contributed by atoms with van der Waals surface area (Å²) in [6, 6.07) is -2.27. The molecule has 3 saturated heterocycles. The molecule has 0 aromatic heterocycles. The highest BCUT2D eigenvalue weighted by Gasteiger charge is 2.44. The Morgan fingerprint density at radius 1 is 0.635 bits per heavy atom. The number of cyclic esters (lactones) is 1. The number of ether oxygens (including phenoxy) is 2. The molecule has 36 heteroatoms. The molecule has 5 rings (SSSR count). The lowest BCUT2D eigenvalue weighted by atomic mass is 9.96. The van der Waals surface area contributed by atoms with Crippen LogP contribution in [0.25, 0.3) is 0 Å². The number of carbonyl (C=O) groups excluding carboxylic acids is 15. The minimum Gasteiger partial charge on any atom is -0.459 e. The van der Waals surface area contributed by atoms with Crippen molar-refractivity contribution in [2.24, 2.45) is 23.7 Å². The number of rotatable bonds is 20. The second kappa shape index (κ2) is 47.8. The Morgan fingerprint density at radius 2 is 1.20 bits per heavy atom. The van der Waals surface area contributed by atoms with Gasteiger partial charge in [-0.2, -0.15) is 0 Å². The number of aliphatic hydroxyl groups excluding tert-OH is 2. The summed E-state index contributed by atoms with van der Waals surface area (Å²) in [5, 5.41) is 62.6. The minimum atomic E-state index is -1.94. The minimum absolute atomic E-state index is 0.00604. The number of carbonyl (C=O) groups is 15. The summed E-state index contributed by atoms with van der Waals surface area (Å²) >= 11 is 0. The Bertz CT molecular complexity index is 3680. The van der Waals surface area contributed by atoms with Crippen LogP contribution in [0.15, 0.2) is 72.9 Å². The maximum Gasteiger partial charge on any atom is 0.331 e. The molecule has 3 heterocycles. The molecule has 3 aliphatic rings. The molecule has 1 unspecified atom stereocenters. The smallest absolute Gasteiger partial charge is 0.331 e. The predicted octanol–water partition coefficient (Wildman–Crippen LogP) is -0.262. The maximum atomic E-state index is 15.4. The van der Waals surface area contributed by atoms with Gasteiger partial charge in [-0.3, -0.25) is 72.4 Å². The van der Waals surface area contributed by atoms with Crippen molar-refractivity contribution >= 4 is 110 Å². The van der Waals surface area contributed by atoms with Crippen LogP contribution in [0, 0.1) is 23.7 Å². The van der Waals surface area contributed by atoms with Crippen molar-refractivity contribution in [1.29, 1.82) is 0 Å². The van der Waals surface area contributed by atoms with Crippen LogP contribution in [0.3, 0.4) is 0 Å². The normalized spacial score (nSPS) is 27.5. The molecule has 2 aromatic rings. The van der Waals surface area contributed by atoms with Crippen LogP contribution in [0.2, 0.25) is 0 Å². The summed E-state index contributed by atoms with van der Waals surface area (Å²) in [6.07, 6.45) is -5.12. The Balaban J connectivity index is 1.78. The summed E-state index contributed by atoms with van der Waals surface area (Å²) in [5.74, 6) is -16.2. The highest BCUT2D eigenvalue weighted by Crippen LogP contribution is 2.27. The number of nitrogens with zero attached hydrogens (tertiary/aromatic N) is 2. The van der Waals surface area contributed by atoms with Gasteiger partial charge in [0.25, 0.3) is 5.91 Å². The Kier molecular flexibility index (Phi) is 40.1. The molecule has 2 bridgehead atoms. The molecule has 13 amide bonds. The van der Waals surface area contributed by atoms with Crippen LogP contribution >= 0.6 is 21.6 Å². The van der Waals surface area contributed by atoms with E-state index in [2.05, 4.69) is 70.4 Å². The van der Waals surface area contributed by atoms with Crippen molar-refractivity contribution in [3.05, 3.63) is 84.1 Å². The number of methoxy groups -OCH3 is 1. The van der Waals surface area contributed by atoms with Crippen LogP contribution in [-0.2, 0) is 94.2 Å². The number of likely N-dealkylation sites (N-methyl/N-ethyl adjacent to an activating group) is 1. The van der Waals surface area contributed by atoms with E-state index in [9.17, 15) is 63.3 Å². The molecular weight excluding hydrogens is 1530 g/mol. The van der Waals surface area contributed by atoms with Gasteiger partial charge in [0.2, 0.25) is 70.9 Å². The highest BCUT2D eigenvalue weighted by molar-refractivity contribution is 8.76. The number of amides is 13. The molecule has 115 heavy (non-hydrogen) atoms. The van der Waals surface area contributed by atoms with Crippen molar-refractivity contribution in [3.63, 3.8) is 0 Å². The van der Waals surface area contributed by atoms with Crippen LogP contribution in [0.5, 0.6) is 0 Å². The number of Topliss-reactive ketones (excluding diaryl/α,β-unsaturated/α-hetero) is 1. The number of nitrogens with one attached hydrogen (secondary N) is 12. The monoisotopic (exact) mass is 1650 g/mol. The van der Waals surface area contributed by atoms with Gasteiger partial charge in [0, 0.05) is 51.5 Å². The first-order chi connectivity index (χ1) is 54.4. The number of fused-ring (bicyclic) bond motifs is 7. The van der Waals surface area contributed by atoms with Gasteiger partial charge in [0.1, 0.15) is 60.5 Å². The van der Waals surface area contributed by atoms with E-state index in [1.165, 1.54) is 39.8 Å². The van der Waals surface area contributed by atoms with Crippen molar-refractivity contribution in [1.82, 2.24) is 73.6 Å². The number of aliphatic hydroxyl groups is 3. The summed E-state index contributed by atoms with van der Waals surface area (Å²) < 4.78 is 11.6. The fraction of sp³-hybridized carbons (Fsp3) is 0.633. The van der Waals surface area contributed by atoms with Gasteiger partial charge in [-0.1, -0.05) is 163 Å². The van der Waals surface area contributed by atoms with E-state index in [4.69, 9.17) is 9.47 Å². The fourth-order valence-electron chi connectivity index (χ4n) is 13.0. The SMILES string of the molecule is C=C1NC(=O)[C@H]([C@@H](C)CC)NC(=O)[C@H]2CSSC[C@H](NC(=O)CCC(O)O)C(=O)CN[C@H](Cc3ccccc3)C(=O)N[C@H](C)C(=O)N[C@@H](C[C@@H](C)CC)C(=O)N[C@@H](CC(=O)N[C@H](Cc3ccccc3)C(=O)N3CCC[C@H]3C(=O)N2)[C@@H](C)OC(=O)[C@H](CO)NC(=O)[C@H]([C@@H](C)OC)N(C)C(=O)C(C(C)C)NC(=O)[C@H](C[C@H](C)CC)NC1=O. The van der Waals surface area contributed by atoms with E-state index in [1.54, 1.807) is 95.3 Å². The molecule has 638 valence electrons. The molecule has 34 nitrogen and oxygen atoms in total. The second-order valence-electron chi connectivity index (χ2n) is 30.3. The lowest BCUT2D eigenvalue weighted by molar-refractivity contribution is -0.157. The predicted molar refractivity (Wildman–Crippen MR) is 429 cm³/mol. The third-order valence-corrected chi connectivity index (χ3v) is 23.3. The third-order valence-electron chi connectivity index (χ3n) is 20.9. The lowest BCUT2D eigenvalue weighted by Gasteiger charge is -2.36. The van der Waals surface area contributed by atoms with E-state index in [-0.39, 0.29) is 74.8 Å². The number of hydrogen-bond acceptors (Lipinski definition) is 23. The number of ketones is 1. The van der Waals surface area contributed by atoms with Gasteiger partial charge < -0.3 is 93.1 Å². The summed E-state index contributed by atoms with van der Waals surface area (Å²) in [4.78, 5) is 223. The summed E-state index contributed by atoms with van der Waals surface area (Å²) in [7, 11) is 4.39. The zero-order chi connectivity index (χ0) is 85.5. The molecule has 3 aliphatic heterocycles. The molecule has 0 spiro atoms. The van der Waals surface area contributed by atoms with Crippen LogP contribution in [0.1, 0.15) is 151 Å². The molecule has 2 aromatic carbocycles. The summed E-state index contributed by atoms with van der Waals surface area (Å²) in [6.45, 7) is 20.0. The summed E-state index contributed by atoms with van der Waals surface area (Å²) in [5.41, 5.74) is 0.579. The Morgan fingerprint density at radius 3 is 1.77 bits per heavy atom. The number of esters is 1. The van der Waals surface area contributed by atoms with E-state index >= 15 is 24.0 Å². The standard InChI is InChI=1S/C79H120N14O20S2/c1-15-43(6)33-54-71(103)85-52-37-63(97)83-56(36-51-27-22-19-23-28-51)77(109)93-32-24-29-60(93)74(106)89-59(41-115-114-40-58(84-62(96)30-31-64(98)99)61(95)38-80-53(35-50-25-20-18-21-26-50)70(102)81-46(9)68(100)86-54)73(105)91-66(45(8)17-3)75(107)82-47(10)69(101)87-55(34-44(7)16-2)72(104)90-65(42(4)5)78(110)92(13)67(49(12)112-14)76(108)88-57(39-94)79(111)113-48(52)11/h18-23,25-28,42-46,48-49,52-60,64-67,80,94,98-99H,10,15-17,24,29-41H2,1-9,11-14H3,(H,81,102)(H,82,107)(H,83,97)(H,84,96)(H,85,103)(H,86,100)(H,87,101)(H,88,108)(H,89,106)(H,90,104)(H,91,105)/t43-,44+,45-,46+,48+,49+,52-,53+,54-,55-,56+,57-,58-,59+,60-,65?,66-,67-/m0/s1. The topological polar surface area (TPSA) is 486 Å². The third kappa shape index (κ3) is 30.2. The van der Waals surface area contributed by atoms with Gasteiger partial charge in [-0.15, -0.1) is 0 Å². The van der Waals surface area contributed by atoms with E-state index in [1.807, 2.05) is 20.8 Å². The number of hydrogen-bond donors (Lipinski definition) is 15. The van der Waals surface area contributed by atoms with Crippen LogP contribution in [0.4, 0.5) is 0 Å². The molecular formula is C79H120N14O20S2. The van der Waals surface area contributed by atoms with Crippen LogP contribution in [-0.4, -0.2) is 256 Å². The molecule has 15 N–H and O–H groups in total. The molecule has 3 fully saturated rings. The zero-order valence-corrected chi connectivity index (χ0v) is 69.7. The Hall–Kier alpha value is -9.07. The average molecular weight is 1650 g/mol. The molecule has 0 saturated carbocycles. The van der Waals surface area contributed by atoms with E-state index in [0.29, 0.717) is 24.0 Å². The van der Waals surface area contributed by atoms with Crippen molar-refractivity contribution < 1.29 is 96.7 Å². The van der Waals surface area contributed by atoms with Gasteiger partial charge in [-0.25, -0.2) is 4.79 Å². The maximum absolute atomic E-state index is 15.4. The molecule has 18 atom stereocenters. The quantitative estimate of drug-likeness (QED) is 0.0351. The first-order valence-electron chi connectivity index (χ1n) is 39.3. The van der Waals surface area contributed by atoms with E-state index in [0.717, 1.165) is 26.5 Å². The zero-order valence-electron chi connectivity index (χ0n) is 68.0. The van der Waals surface area contributed by atoms with E-state index < -0.39 is 236 Å². The van der Waals surface area contributed by atoms with Gasteiger partial charge in [-0.05, 0) is 87.7 Å². The van der Waals surface area contributed by atoms with Gasteiger partial charge in [0.15, 0.2) is 18.1 Å². The van der Waals surface area contributed by atoms with Crippen molar-refractivity contribution in [2.75, 3.05) is 45.4 Å². The number of benzene rings is 2. The lowest BCUT2D eigenvalue weighted by Crippen LogP contribution is -2.62. The van der Waals surface area contributed by atoms with Crippen molar-refractivity contribution in [3.8, 4) is 0 Å². The highest BCUT2D eigenvalue weighted by atomic mass is 33.1. The van der Waals surface area contributed by atoms with Crippen molar-refractivity contribution in [2.45, 2.75) is 250 Å². The molecule has 0 radical (unpaired) electrons. The average Bonchev–Trinajstić information content (AvgIpc) is 1.81. The first-order valence-corrected chi connectivity index (χ1v) is 41.8. The second-order valence-corrected chi connectivity index (χ2v) is 32.8. The fourth-order valence-corrected chi connectivity index (χ4v) is 15.4. The largest absolute Gasteiger partial charge is 0.459 e. The van der Waals surface area contributed by atoms with Gasteiger partial charge in [0.05, 0.1) is 49.5 Å². The van der Waals surface area contributed by atoms with Crippen LogP contribution < -0.4 is 63.8 Å².